The molecule has 0 spiro atoms. The third kappa shape index (κ3) is 5.81. The van der Waals surface area contributed by atoms with Crippen LogP contribution >= 0.6 is 0 Å². The molecule has 2 N–H and O–H groups in total. The van der Waals surface area contributed by atoms with Gasteiger partial charge in [0.15, 0.2) is 0 Å². The van der Waals surface area contributed by atoms with Gasteiger partial charge in [0.05, 0.1) is 0 Å². The molecule has 1 unspecified atom stereocenters. The number of carbonyl (C=O) groups is 2. The van der Waals surface area contributed by atoms with Crippen LogP contribution < -0.4 is 5.73 Å². The van der Waals surface area contributed by atoms with Crippen molar-refractivity contribution in [1.29, 1.82) is 0 Å². The van der Waals surface area contributed by atoms with Crippen molar-refractivity contribution in [2.45, 2.75) is 45.7 Å². The quantitative estimate of drug-likeness (QED) is 0.820. The molecule has 25 heavy (non-hydrogen) atoms. The van der Waals surface area contributed by atoms with Crippen molar-refractivity contribution >= 4 is 11.8 Å². The SMILES string of the molecule is CC(C)C1CN(CCCC(N)=O)CCC(=O)N1Cc1ccc(F)cc1. The maximum atomic E-state index is 13.1. The van der Waals surface area contributed by atoms with Crippen molar-refractivity contribution < 1.29 is 14.0 Å². The number of hydrogen-bond donors (Lipinski definition) is 1. The van der Waals surface area contributed by atoms with Crippen LogP contribution in [0, 0.1) is 11.7 Å². The van der Waals surface area contributed by atoms with E-state index in [0.29, 0.717) is 38.3 Å². The van der Waals surface area contributed by atoms with Crippen molar-refractivity contribution in [2.24, 2.45) is 11.7 Å². The van der Waals surface area contributed by atoms with E-state index in [1.54, 1.807) is 12.1 Å². The van der Waals surface area contributed by atoms with Crippen molar-refractivity contribution in [3.05, 3.63) is 35.6 Å². The van der Waals surface area contributed by atoms with Crippen molar-refractivity contribution in [3.63, 3.8) is 0 Å². The summed E-state index contributed by atoms with van der Waals surface area (Å²) in [5.41, 5.74) is 6.14. The average Bonchev–Trinajstić information content (AvgIpc) is 2.70. The number of halogens is 1. The molecule has 0 bridgehead atoms. The first-order valence-electron chi connectivity index (χ1n) is 8.91. The third-order valence-electron chi connectivity index (χ3n) is 4.74. The van der Waals surface area contributed by atoms with Gasteiger partial charge in [0.25, 0.3) is 0 Å². The number of amides is 2. The summed E-state index contributed by atoms with van der Waals surface area (Å²) >= 11 is 0. The van der Waals surface area contributed by atoms with Gasteiger partial charge in [0.1, 0.15) is 5.82 Å². The Morgan fingerprint density at radius 1 is 1.32 bits per heavy atom. The monoisotopic (exact) mass is 349 g/mol. The molecule has 0 radical (unpaired) electrons. The van der Waals surface area contributed by atoms with Gasteiger partial charge in [-0.25, -0.2) is 4.39 Å². The summed E-state index contributed by atoms with van der Waals surface area (Å²) in [4.78, 5) is 27.8. The predicted octanol–water partition coefficient (Wildman–Crippen LogP) is 2.15. The van der Waals surface area contributed by atoms with Crippen LogP contribution in [0.1, 0.15) is 38.7 Å². The topological polar surface area (TPSA) is 66.6 Å². The number of rotatable bonds is 7. The second-order valence-electron chi connectivity index (χ2n) is 7.08. The largest absolute Gasteiger partial charge is 0.370 e. The predicted molar refractivity (Wildman–Crippen MR) is 95.1 cm³/mol. The minimum atomic E-state index is -0.288. The summed E-state index contributed by atoms with van der Waals surface area (Å²) in [6, 6.07) is 6.41. The molecule has 1 fully saturated rings. The molecular formula is C19H28FN3O2. The van der Waals surface area contributed by atoms with Crippen LogP contribution in [0.2, 0.25) is 0 Å². The Bertz CT molecular complexity index is 589. The normalized spacial score (nSPS) is 19.3. The fourth-order valence-electron chi connectivity index (χ4n) is 3.28. The Hall–Kier alpha value is -1.95. The highest BCUT2D eigenvalue weighted by Crippen LogP contribution is 2.21. The standard InChI is InChI=1S/C19H28FN3O2/c1-14(2)17-13-22(10-3-4-18(21)24)11-9-19(25)23(17)12-15-5-7-16(20)8-6-15/h5-8,14,17H,3-4,9-13H2,1-2H3,(H2,21,24). The Kier molecular flexibility index (Phi) is 6.93. The van der Waals surface area contributed by atoms with Gasteiger partial charge in [-0.1, -0.05) is 26.0 Å². The second kappa shape index (κ2) is 8.94. The van der Waals surface area contributed by atoms with E-state index in [2.05, 4.69) is 18.7 Å². The molecule has 138 valence electrons. The van der Waals surface area contributed by atoms with Gasteiger partial charge in [-0.3, -0.25) is 9.59 Å². The molecule has 0 aliphatic carbocycles. The number of carbonyl (C=O) groups excluding carboxylic acids is 2. The summed E-state index contributed by atoms with van der Waals surface area (Å²) in [6.07, 6.45) is 1.55. The fraction of sp³-hybridized carbons (Fsp3) is 0.579. The lowest BCUT2D eigenvalue weighted by molar-refractivity contribution is -0.134. The van der Waals surface area contributed by atoms with Gasteiger partial charge in [-0.15, -0.1) is 0 Å². The molecule has 1 atom stereocenters. The second-order valence-corrected chi connectivity index (χ2v) is 7.08. The average molecular weight is 349 g/mol. The van der Waals surface area contributed by atoms with Crippen LogP contribution in [0.25, 0.3) is 0 Å². The zero-order valence-electron chi connectivity index (χ0n) is 15.1. The Balaban J connectivity index is 2.07. The van der Waals surface area contributed by atoms with Gasteiger partial charge in [0.2, 0.25) is 11.8 Å². The van der Waals surface area contributed by atoms with E-state index in [0.717, 1.165) is 18.7 Å². The van der Waals surface area contributed by atoms with E-state index >= 15 is 0 Å². The first-order valence-corrected chi connectivity index (χ1v) is 8.91. The highest BCUT2D eigenvalue weighted by molar-refractivity contribution is 5.77. The summed E-state index contributed by atoms with van der Waals surface area (Å²) in [7, 11) is 0. The molecule has 1 aromatic rings. The number of nitrogens with two attached hydrogens (primary N) is 1. The Morgan fingerprint density at radius 3 is 2.60 bits per heavy atom. The van der Waals surface area contributed by atoms with E-state index in [1.165, 1.54) is 12.1 Å². The van der Waals surface area contributed by atoms with Crippen LogP contribution in [0.4, 0.5) is 4.39 Å². The molecule has 0 saturated carbocycles. The molecule has 2 rings (SSSR count). The minimum Gasteiger partial charge on any atom is -0.370 e. The number of hydrogen-bond acceptors (Lipinski definition) is 3. The third-order valence-corrected chi connectivity index (χ3v) is 4.74. The molecule has 1 aliphatic rings. The molecule has 0 aromatic heterocycles. The number of primary amides is 1. The van der Waals surface area contributed by atoms with E-state index in [9.17, 15) is 14.0 Å². The molecule has 1 aliphatic heterocycles. The smallest absolute Gasteiger partial charge is 0.224 e. The van der Waals surface area contributed by atoms with Crippen LogP contribution in [0.15, 0.2) is 24.3 Å². The molecular weight excluding hydrogens is 321 g/mol. The lowest BCUT2D eigenvalue weighted by atomic mass is 10.0. The molecule has 2 amide bonds. The number of benzene rings is 1. The van der Waals surface area contributed by atoms with E-state index in [4.69, 9.17) is 5.73 Å². The van der Waals surface area contributed by atoms with Crippen LogP contribution in [0.5, 0.6) is 0 Å². The van der Waals surface area contributed by atoms with Gasteiger partial charge in [-0.05, 0) is 36.6 Å². The van der Waals surface area contributed by atoms with Crippen LogP contribution in [0.3, 0.4) is 0 Å². The maximum absolute atomic E-state index is 13.1. The van der Waals surface area contributed by atoms with Crippen LogP contribution in [-0.2, 0) is 16.1 Å². The van der Waals surface area contributed by atoms with Crippen molar-refractivity contribution in [2.75, 3.05) is 19.6 Å². The van der Waals surface area contributed by atoms with Gasteiger partial charge in [0, 0.05) is 38.5 Å². The van der Waals surface area contributed by atoms with Gasteiger partial charge < -0.3 is 15.5 Å². The highest BCUT2D eigenvalue weighted by Gasteiger charge is 2.31. The first-order chi connectivity index (χ1) is 11.9. The minimum absolute atomic E-state index is 0.0913. The highest BCUT2D eigenvalue weighted by atomic mass is 19.1. The van der Waals surface area contributed by atoms with E-state index < -0.39 is 0 Å². The zero-order chi connectivity index (χ0) is 18.4. The lowest BCUT2D eigenvalue weighted by Crippen LogP contribution is -2.46. The molecule has 1 aromatic carbocycles. The summed E-state index contributed by atoms with van der Waals surface area (Å²) in [5, 5.41) is 0. The summed E-state index contributed by atoms with van der Waals surface area (Å²) < 4.78 is 13.1. The summed E-state index contributed by atoms with van der Waals surface area (Å²) in [6.45, 7) is 6.97. The first kappa shape index (κ1) is 19.4. The Morgan fingerprint density at radius 2 is 2.00 bits per heavy atom. The molecule has 5 nitrogen and oxygen atoms in total. The number of nitrogens with zero attached hydrogens (tertiary/aromatic N) is 2. The lowest BCUT2D eigenvalue weighted by Gasteiger charge is -2.35. The molecule has 6 heteroatoms. The summed E-state index contributed by atoms with van der Waals surface area (Å²) in [5.74, 6) is -0.127. The van der Waals surface area contributed by atoms with E-state index in [1.807, 2.05) is 4.90 Å². The van der Waals surface area contributed by atoms with Gasteiger partial charge >= 0.3 is 0 Å². The molecule has 1 heterocycles. The fourth-order valence-corrected chi connectivity index (χ4v) is 3.28. The maximum Gasteiger partial charge on any atom is 0.224 e. The van der Waals surface area contributed by atoms with E-state index in [-0.39, 0.29) is 23.7 Å². The Labute approximate surface area is 149 Å². The van der Waals surface area contributed by atoms with Crippen LogP contribution in [-0.4, -0.2) is 47.3 Å². The van der Waals surface area contributed by atoms with Gasteiger partial charge in [-0.2, -0.15) is 0 Å². The van der Waals surface area contributed by atoms with Crippen molar-refractivity contribution in [3.8, 4) is 0 Å². The molecule has 1 saturated heterocycles. The van der Waals surface area contributed by atoms with Crippen molar-refractivity contribution in [1.82, 2.24) is 9.80 Å². The zero-order valence-corrected chi connectivity index (χ0v) is 15.1.